The zero-order valence-corrected chi connectivity index (χ0v) is 9.31. The van der Waals surface area contributed by atoms with Gasteiger partial charge in [0.1, 0.15) is 0 Å². The number of hydrogen-bond donors (Lipinski definition) is 3. The van der Waals surface area contributed by atoms with Crippen LogP contribution in [0.15, 0.2) is 0 Å². The van der Waals surface area contributed by atoms with Crippen molar-refractivity contribution in [2.24, 2.45) is 11.7 Å². The summed E-state index contributed by atoms with van der Waals surface area (Å²) in [7, 11) is -3.31. The van der Waals surface area contributed by atoms with Crippen molar-refractivity contribution in [1.29, 1.82) is 0 Å². The Kier molecular flexibility index (Phi) is 4.31. The number of nitrogens with one attached hydrogen (secondary N) is 2. The molecule has 6 heteroatoms. The number of rotatable bonds is 5. The molecule has 1 rings (SSSR count). The van der Waals surface area contributed by atoms with Gasteiger partial charge >= 0.3 is 0 Å². The van der Waals surface area contributed by atoms with Crippen LogP contribution in [0.1, 0.15) is 26.2 Å². The van der Waals surface area contributed by atoms with Gasteiger partial charge in [-0.3, -0.25) is 0 Å². The lowest BCUT2D eigenvalue weighted by Gasteiger charge is -2.19. The summed E-state index contributed by atoms with van der Waals surface area (Å²) >= 11 is 0. The van der Waals surface area contributed by atoms with Crippen molar-refractivity contribution in [3.8, 4) is 0 Å². The molecule has 0 heterocycles. The van der Waals surface area contributed by atoms with Gasteiger partial charge in [-0.15, -0.1) is 0 Å². The molecule has 0 aliphatic heterocycles. The molecule has 0 amide bonds. The van der Waals surface area contributed by atoms with Gasteiger partial charge in [0.2, 0.25) is 0 Å². The van der Waals surface area contributed by atoms with Crippen LogP contribution in [-0.2, 0) is 10.2 Å². The highest BCUT2D eigenvalue weighted by atomic mass is 32.2. The third kappa shape index (κ3) is 3.20. The van der Waals surface area contributed by atoms with Gasteiger partial charge in [0, 0.05) is 12.6 Å². The summed E-state index contributed by atoms with van der Waals surface area (Å²) in [6, 6.07) is 0.0176. The Morgan fingerprint density at radius 1 is 1.43 bits per heavy atom. The van der Waals surface area contributed by atoms with E-state index in [1.807, 2.05) is 0 Å². The van der Waals surface area contributed by atoms with Crippen LogP contribution in [0.5, 0.6) is 0 Å². The molecular formula is C8H19N3O2S. The van der Waals surface area contributed by atoms with Crippen LogP contribution < -0.4 is 15.2 Å². The van der Waals surface area contributed by atoms with Crippen LogP contribution in [0.3, 0.4) is 0 Å². The van der Waals surface area contributed by atoms with Crippen LogP contribution in [0, 0.1) is 5.92 Å². The Hall–Kier alpha value is -0.170. The minimum atomic E-state index is -3.31. The van der Waals surface area contributed by atoms with Gasteiger partial charge in [-0.1, -0.05) is 13.3 Å². The van der Waals surface area contributed by atoms with Crippen molar-refractivity contribution in [3.63, 3.8) is 0 Å². The van der Waals surface area contributed by atoms with Gasteiger partial charge in [0.15, 0.2) is 0 Å². The van der Waals surface area contributed by atoms with Crippen LogP contribution in [0.2, 0.25) is 0 Å². The molecule has 1 saturated carbocycles. The molecule has 4 N–H and O–H groups in total. The summed E-state index contributed by atoms with van der Waals surface area (Å²) in [5.41, 5.74) is 5.56. The summed E-state index contributed by atoms with van der Waals surface area (Å²) in [4.78, 5) is 0. The molecule has 1 fully saturated rings. The van der Waals surface area contributed by atoms with Crippen LogP contribution in [0.25, 0.3) is 0 Å². The van der Waals surface area contributed by atoms with E-state index in [1.165, 1.54) is 0 Å². The summed E-state index contributed by atoms with van der Waals surface area (Å²) in [5.74, 6) is 0.295. The molecule has 0 aromatic heterocycles. The number of hydrogen-bond acceptors (Lipinski definition) is 3. The standard InChI is InChI=1S/C8H19N3O2S/c1-2-10-14(12,13)11-8-5-3-4-7(8)6-9/h7-8,10-11H,2-6,9H2,1H3. The van der Waals surface area contributed by atoms with Gasteiger partial charge in [-0.2, -0.15) is 13.1 Å². The number of nitrogens with two attached hydrogens (primary N) is 1. The molecule has 1 aliphatic rings. The monoisotopic (exact) mass is 221 g/mol. The Bertz CT molecular complexity index is 266. The Morgan fingerprint density at radius 3 is 2.71 bits per heavy atom. The molecule has 2 unspecified atom stereocenters. The third-order valence-corrected chi connectivity index (χ3v) is 3.88. The normalized spacial score (nSPS) is 28.1. The van der Waals surface area contributed by atoms with E-state index in [0.29, 0.717) is 19.0 Å². The van der Waals surface area contributed by atoms with Gasteiger partial charge in [-0.25, -0.2) is 4.72 Å². The predicted molar refractivity (Wildman–Crippen MR) is 55.9 cm³/mol. The first kappa shape index (κ1) is 11.9. The topological polar surface area (TPSA) is 84.2 Å². The van der Waals surface area contributed by atoms with Crippen molar-refractivity contribution >= 4 is 10.2 Å². The van der Waals surface area contributed by atoms with E-state index in [1.54, 1.807) is 6.92 Å². The molecule has 84 valence electrons. The molecule has 5 nitrogen and oxygen atoms in total. The van der Waals surface area contributed by atoms with E-state index in [4.69, 9.17) is 5.73 Å². The van der Waals surface area contributed by atoms with Crippen molar-refractivity contribution < 1.29 is 8.42 Å². The van der Waals surface area contributed by atoms with Gasteiger partial charge in [0.25, 0.3) is 10.2 Å². The first-order valence-electron chi connectivity index (χ1n) is 5.06. The van der Waals surface area contributed by atoms with E-state index in [0.717, 1.165) is 19.3 Å². The van der Waals surface area contributed by atoms with E-state index in [2.05, 4.69) is 9.44 Å². The van der Waals surface area contributed by atoms with Crippen LogP contribution in [-0.4, -0.2) is 27.5 Å². The van der Waals surface area contributed by atoms with Crippen molar-refractivity contribution in [1.82, 2.24) is 9.44 Å². The Morgan fingerprint density at radius 2 is 2.14 bits per heavy atom. The highest BCUT2D eigenvalue weighted by Gasteiger charge is 2.29. The summed E-state index contributed by atoms with van der Waals surface area (Å²) in [5, 5.41) is 0. The minimum absolute atomic E-state index is 0.0176. The predicted octanol–water partition coefficient (Wildman–Crippen LogP) is -0.442. The van der Waals surface area contributed by atoms with Crippen LogP contribution in [0.4, 0.5) is 0 Å². The average Bonchev–Trinajstić information content (AvgIpc) is 2.50. The Balaban J connectivity index is 2.51. The average molecular weight is 221 g/mol. The molecule has 0 aromatic carbocycles. The lowest BCUT2D eigenvalue weighted by Crippen LogP contribution is -2.45. The van der Waals surface area contributed by atoms with E-state index in [-0.39, 0.29) is 6.04 Å². The van der Waals surface area contributed by atoms with Crippen molar-refractivity contribution in [2.75, 3.05) is 13.1 Å². The molecule has 0 bridgehead atoms. The third-order valence-electron chi connectivity index (χ3n) is 2.60. The smallest absolute Gasteiger partial charge is 0.277 e. The molecule has 0 spiro atoms. The van der Waals surface area contributed by atoms with E-state index < -0.39 is 10.2 Å². The maximum atomic E-state index is 11.4. The molecule has 0 aromatic rings. The second-order valence-corrected chi connectivity index (χ2v) is 5.18. The quantitative estimate of drug-likeness (QED) is 0.588. The second kappa shape index (κ2) is 5.06. The molecule has 1 aliphatic carbocycles. The fourth-order valence-corrected chi connectivity index (χ4v) is 3.08. The first-order valence-corrected chi connectivity index (χ1v) is 6.54. The van der Waals surface area contributed by atoms with E-state index >= 15 is 0 Å². The molecule has 2 atom stereocenters. The lowest BCUT2D eigenvalue weighted by atomic mass is 10.1. The van der Waals surface area contributed by atoms with Crippen LogP contribution >= 0.6 is 0 Å². The Labute approximate surface area is 85.6 Å². The highest BCUT2D eigenvalue weighted by molar-refractivity contribution is 7.87. The second-order valence-electron chi connectivity index (χ2n) is 3.65. The maximum absolute atomic E-state index is 11.4. The first-order chi connectivity index (χ1) is 6.59. The maximum Gasteiger partial charge on any atom is 0.277 e. The van der Waals surface area contributed by atoms with Gasteiger partial charge < -0.3 is 5.73 Å². The fraction of sp³-hybridized carbons (Fsp3) is 1.00. The molecule has 0 saturated heterocycles. The van der Waals surface area contributed by atoms with Gasteiger partial charge in [0.05, 0.1) is 0 Å². The minimum Gasteiger partial charge on any atom is -0.330 e. The summed E-state index contributed by atoms with van der Waals surface area (Å²) in [6.45, 7) is 2.73. The molecule has 0 radical (unpaired) electrons. The molecular weight excluding hydrogens is 202 g/mol. The van der Waals surface area contributed by atoms with Crippen molar-refractivity contribution in [2.45, 2.75) is 32.2 Å². The SMILES string of the molecule is CCNS(=O)(=O)NC1CCCC1CN. The summed E-state index contributed by atoms with van der Waals surface area (Å²) in [6.07, 6.45) is 2.98. The fourth-order valence-electron chi connectivity index (χ4n) is 1.91. The summed E-state index contributed by atoms with van der Waals surface area (Å²) < 4.78 is 27.8. The zero-order chi connectivity index (χ0) is 10.6. The van der Waals surface area contributed by atoms with E-state index in [9.17, 15) is 8.42 Å². The largest absolute Gasteiger partial charge is 0.330 e. The zero-order valence-electron chi connectivity index (χ0n) is 8.49. The lowest BCUT2D eigenvalue weighted by molar-refractivity contribution is 0.450. The highest BCUT2D eigenvalue weighted by Crippen LogP contribution is 2.24. The molecule has 14 heavy (non-hydrogen) atoms. The van der Waals surface area contributed by atoms with Crippen molar-refractivity contribution in [3.05, 3.63) is 0 Å². The van der Waals surface area contributed by atoms with Gasteiger partial charge in [-0.05, 0) is 25.3 Å².